The van der Waals surface area contributed by atoms with Gasteiger partial charge < -0.3 is 10.7 Å². The molecular formula is C12H10ClFN4O. The molecule has 7 heteroatoms. The van der Waals surface area contributed by atoms with Crippen LogP contribution < -0.4 is 16.6 Å². The van der Waals surface area contributed by atoms with Crippen molar-refractivity contribution in [1.82, 2.24) is 4.98 Å². The number of rotatable bonds is 3. The molecule has 1 aromatic heterocycles. The monoisotopic (exact) mass is 280 g/mol. The third-order valence-corrected chi connectivity index (χ3v) is 2.58. The minimum atomic E-state index is -0.610. The number of amides is 1. The first kappa shape index (κ1) is 13.3. The second-order valence-corrected chi connectivity index (χ2v) is 4.09. The molecule has 1 aromatic carbocycles. The number of nitrogens with one attached hydrogen (secondary N) is 2. The number of carbonyl (C=O) groups excluding carboxylic acids is 1. The largest absolute Gasteiger partial charge is 0.323 e. The van der Waals surface area contributed by atoms with Gasteiger partial charge in [-0.1, -0.05) is 11.6 Å². The van der Waals surface area contributed by atoms with Gasteiger partial charge in [-0.2, -0.15) is 0 Å². The maximum atomic E-state index is 13.5. The number of benzene rings is 1. The SMILES string of the molecule is NNc1ccc(C(=O)Nc2ccc(Cl)cc2F)nc1. The summed E-state index contributed by atoms with van der Waals surface area (Å²) >= 11 is 5.62. The van der Waals surface area contributed by atoms with Crippen LogP contribution in [0.3, 0.4) is 0 Å². The van der Waals surface area contributed by atoms with Gasteiger partial charge in [-0.3, -0.25) is 10.6 Å². The van der Waals surface area contributed by atoms with Gasteiger partial charge in [0, 0.05) is 5.02 Å². The van der Waals surface area contributed by atoms with Crippen molar-refractivity contribution in [2.75, 3.05) is 10.7 Å². The van der Waals surface area contributed by atoms with Gasteiger partial charge in [0.2, 0.25) is 0 Å². The van der Waals surface area contributed by atoms with E-state index in [1.165, 1.54) is 24.4 Å². The zero-order chi connectivity index (χ0) is 13.8. The molecule has 0 saturated carbocycles. The molecule has 1 amide bonds. The highest BCUT2D eigenvalue weighted by Gasteiger charge is 2.10. The van der Waals surface area contributed by atoms with E-state index in [2.05, 4.69) is 15.7 Å². The summed E-state index contributed by atoms with van der Waals surface area (Å²) < 4.78 is 13.5. The van der Waals surface area contributed by atoms with Crippen LogP contribution in [0, 0.1) is 5.82 Å². The number of hydrogen-bond acceptors (Lipinski definition) is 4. The predicted octanol–water partition coefficient (Wildman–Crippen LogP) is 2.41. The second kappa shape index (κ2) is 5.64. The van der Waals surface area contributed by atoms with Crippen LogP contribution in [0.1, 0.15) is 10.5 Å². The standard InChI is InChI=1S/C12H10ClFN4O/c13-7-1-3-10(9(14)5-7)17-12(19)11-4-2-8(18-15)6-16-11/h1-6,18H,15H2,(H,17,19). The Balaban J connectivity index is 2.15. The molecule has 0 aliphatic carbocycles. The molecule has 0 spiro atoms. The van der Waals surface area contributed by atoms with Gasteiger partial charge in [0.05, 0.1) is 17.6 Å². The highest BCUT2D eigenvalue weighted by atomic mass is 35.5. The Morgan fingerprint density at radius 3 is 2.68 bits per heavy atom. The molecule has 0 aliphatic rings. The molecule has 2 rings (SSSR count). The molecule has 0 saturated heterocycles. The number of hydrazine groups is 1. The van der Waals surface area contributed by atoms with Crippen LogP contribution in [0.25, 0.3) is 0 Å². The Hall–Kier alpha value is -2.18. The van der Waals surface area contributed by atoms with Crippen molar-refractivity contribution < 1.29 is 9.18 Å². The smallest absolute Gasteiger partial charge is 0.274 e. The summed E-state index contributed by atoms with van der Waals surface area (Å²) in [5.41, 5.74) is 3.14. The highest BCUT2D eigenvalue weighted by Crippen LogP contribution is 2.19. The molecule has 0 bridgehead atoms. The van der Waals surface area contributed by atoms with Crippen molar-refractivity contribution in [3.8, 4) is 0 Å². The Morgan fingerprint density at radius 2 is 2.11 bits per heavy atom. The predicted molar refractivity (Wildman–Crippen MR) is 71.4 cm³/mol. The fraction of sp³-hybridized carbons (Fsp3) is 0. The second-order valence-electron chi connectivity index (χ2n) is 3.65. The summed E-state index contributed by atoms with van der Waals surface area (Å²) in [7, 11) is 0. The molecule has 0 fully saturated rings. The number of nitrogens with two attached hydrogens (primary N) is 1. The van der Waals surface area contributed by atoms with E-state index >= 15 is 0 Å². The van der Waals surface area contributed by atoms with Crippen LogP contribution in [0.2, 0.25) is 5.02 Å². The van der Waals surface area contributed by atoms with Crippen molar-refractivity contribution in [2.45, 2.75) is 0 Å². The molecule has 98 valence electrons. The van der Waals surface area contributed by atoms with E-state index in [-0.39, 0.29) is 16.4 Å². The minimum Gasteiger partial charge on any atom is -0.323 e. The topological polar surface area (TPSA) is 80.0 Å². The van der Waals surface area contributed by atoms with Crippen LogP contribution >= 0.6 is 11.6 Å². The van der Waals surface area contributed by atoms with E-state index in [1.807, 2.05) is 0 Å². The Labute approximate surface area is 113 Å². The van der Waals surface area contributed by atoms with E-state index in [0.29, 0.717) is 5.69 Å². The fourth-order valence-electron chi connectivity index (χ4n) is 1.39. The summed E-state index contributed by atoms with van der Waals surface area (Å²) in [5, 5.41) is 2.66. The Bertz CT molecular complexity index is 603. The van der Waals surface area contributed by atoms with E-state index < -0.39 is 11.7 Å². The average Bonchev–Trinajstić information content (AvgIpc) is 2.42. The summed E-state index contributed by atoms with van der Waals surface area (Å²) in [5.74, 6) is 4.05. The van der Waals surface area contributed by atoms with Crippen molar-refractivity contribution in [2.24, 2.45) is 5.84 Å². The van der Waals surface area contributed by atoms with Gasteiger partial charge >= 0.3 is 0 Å². The molecule has 1 heterocycles. The molecule has 0 unspecified atom stereocenters. The molecule has 4 N–H and O–H groups in total. The third-order valence-electron chi connectivity index (χ3n) is 2.34. The minimum absolute atomic E-state index is 0.0391. The zero-order valence-corrected chi connectivity index (χ0v) is 10.4. The number of halogens is 2. The van der Waals surface area contributed by atoms with E-state index in [0.717, 1.165) is 6.07 Å². The summed E-state index contributed by atoms with van der Waals surface area (Å²) in [6.45, 7) is 0. The van der Waals surface area contributed by atoms with Gasteiger partial charge in [0.1, 0.15) is 11.5 Å². The van der Waals surface area contributed by atoms with Crippen LogP contribution in [0.15, 0.2) is 36.5 Å². The van der Waals surface area contributed by atoms with Crippen LogP contribution in [-0.4, -0.2) is 10.9 Å². The highest BCUT2D eigenvalue weighted by molar-refractivity contribution is 6.30. The van der Waals surface area contributed by atoms with Crippen LogP contribution in [0.4, 0.5) is 15.8 Å². The van der Waals surface area contributed by atoms with Crippen molar-refractivity contribution in [3.05, 3.63) is 53.1 Å². The molecule has 5 nitrogen and oxygen atoms in total. The Morgan fingerprint density at radius 1 is 1.32 bits per heavy atom. The number of nitrogen functional groups attached to an aromatic ring is 1. The molecule has 2 aromatic rings. The zero-order valence-electron chi connectivity index (χ0n) is 9.65. The van der Waals surface area contributed by atoms with Crippen molar-refractivity contribution in [3.63, 3.8) is 0 Å². The normalized spacial score (nSPS) is 10.1. The number of hydrogen-bond donors (Lipinski definition) is 3. The number of pyridine rings is 1. The number of nitrogens with zero attached hydrogens (tertiary/aromatic N) is 1. The van der Waals surface area contributed by atoms with E-state index in [9.17, 15) is 9.18 Å². The first-order chi connectivity index (χ1) is 9.10. The molecule has 19 heavy (non-hydrogen) atoms. The van der Waals surface area contributed by atoms with Gasteiger partial charge in [0.15, 0.2) is 0 Å². The molecule has 0 atom stereocenters. The quantitative estimate of drug-likeness (QED) is 0.596. The Kier molecular flexibility index (Phi) is 3.94. The number of carbonyl (C=O) groups is 1. The van der Waals surface area contributed by atoms with Gasteiger partial charge in [-0.15, -0.1) is 0 Å². The third kappa shape index (κ3) is 3.18. The summed E-state index contributed by atoms with van der Waals surface area (Å²) in [6, 6.07) is 7.03. The maximum absolute atomic E-state index is 13.5. The van der Waals surface area contributed by atoms with Crippen LogP contribution in [-0.2, 0) is 0 Å². The first-order valence-electron chi connectivity index (χ1n) is 5.29. The lowest BCUT2D eigenvalue weighted by atomic mass is 10.2. The van der Waals surface area contributed by atoms with Crippen molar-refractivity contribution >= 4 is 28.9 Å². The van der Waals surface area contributed by atoms with Gasteiger partial charge in [0.25, 0.3) is 5.91 Å². The first-order valence-corrected chi connectivity index (χ1v) is 5.67. The van der Waals surface area contributed by atoms with E-state index in [1.54, 1.807) is 6.07 Å². The summed E-state index contributed by atoms with van der Waals surface area (Å²) in [6.07, 6.45) is 1.40. The number of anilines is 2. The van der Waals surface area contributed by atoms with Gasteiger partial charge in [-0.25, -0.2) is 9.37 Å². The summed E-state index contributed by atoms with van der Waals surface area (Å²) in [4.78, 5) is 15.7. The lowest BCUT2D eigenvalue weighted by molar-refractivity contribution is 0.102. The van der Waals surface area contributed by atoms with E-state index in [4.69, 9.17) is 17.4 Å². The maximum Gasteiger partial charge on any atom is 0.274 e. The lowest BCUT2D eigenvalue weighted by Crippen LogP contribution is -2.15. The average molecular weight is 281 g/mol. The molecule has 0 aliphatic heterocycles. The van der Waals surface area contributed by atoms with Crippen molar-refractivity contribution in [1.29, 1.82) is 0 Å². The lowest BCUT2D eigenvalue weighted by Gasteiger charge is -2.06. The molecule has 0 radical (unpaired) electrons. The van der Waals surface area contributed by atoms with Crippen LogP contribution in [0.5, 0.6) is 0 Å². The fourth-order valence-corrected chi connectivity index (χ4v) is 1.55. The molecular weight excluding hydrogens is 271 g/mol. The van der Waals surface area contributed by atoms with Gasteiger partial charge in [-0.05, 0) is 30.3 Å². The number of aromatic nitrogens is 1.